The molecule has 34 heavy (non-hydrogen) atoms. The SMILES string of the molecule is COc1ccc(-c2cccc3c2CCC3=O)c(OCC(C)(C)OC(=O)C2CCCCC2)c1OC. The molecule has 0 aromatic heterocycles. The van der Waals surface area contributed by atoms with Crippen LogP contribution in [0.5, 0.6) is 17.2 Å². The van der Waals surface area contributed by atoms with E-state index in [0.29, 0.717) is 30.1 Å². The first-order valence-corrected chi connectivity index (χ1v) is 12.1. The Morgan fingerprint density at radius 1 is 0.912 bits per heavy atom. The van der Waals surface area contributed by atoms with Gasteiger partial charge in [0.15, 0.2) is 17.3 Å². The molecule has 182 valence electrons. The maximum absolute atomic E-state index is 12.7. The average Bonchev–Trinajstić information content (AvgIpc) is 3.23. The first-order valence-electron chi connectivity index (χ1n) is 12.1. The molecule has 0 bridgehead atoms. The van der Waals surface area contributed by atoms with Crippen molar-refractivity contribution in [3.63, 3.8) is 0 Å². The summed E-state index contributed by atoms with van der Waals surface area (Å²) in [5, 5.41) is 0. The fraction of sp³-hybridized carbons (Fsp3) is 0.500. The van der Waals surface area contributed by atoms with E-state index < -0.39 is 5.60 Å². The Bertz CT molecular complexity index is 1060. The van der Waals surface area contributed by atoms with E-state index in [1.807, 2.05) is 44.2 Å². The fourth-order valence-corrected chi connectivity index (χ4v) is 4.97. The highest BCUT2D eigenvalue weighted by atomic mass is 16.6. The lowest BCUT2D eigenvalue weighted by Crippen LogP contribution is -2.37. The van der Waals surface area contributed by atoms with E-state index in [1.54, 1.807) is 14.2 Å². The van der Waals surface area contributed by atoms with Crippen molar-refractivity contribution in [2.75, 3.05) is 20.8 Å². The molecule has 2 aromatic carbocycles. The number of carbonyl (C=O) groups excluding carboxylic acids is 2. The molecule has 0 unspecified atom stereocenters. The summed E-state index contributed by atoms with van der Waals surface area (Å²) in [6, 6.07) is 9.54. The van der Waals surface area contributed by atoms with Crippen LogP contribution in [0.25, 0.3) is 11.1 Å². The highest BCUT2D eigenvalue weighted by Crippen LogP contribution is 2.47. The third-order valence-corrected chi connectivity index (χ3v) is 6.75. The number of carbonyl (C=O) groups is 2. The Morgan fingerprint density at radius 3 is 2.35 bits per heavy atom. The van der Waals surface area contributed by atoms with Gasteiger partial charge in [0, 0.05) is 17.5 Å². The summed E-state index contributed by atoms with van der Waals surface area (Å²) >= 11 is 0. The lowest BCUT2D eigenvalue weighted by atomic mass is 9.89. The molecular formula is C28H34O6. The smallest absolute Gasteiger partial charge is 0.309 e. The number of ether oxygens (including phenoxy) is 4. The summed E-state index contributed by atoms with van der Waals surface area (Å²) in [5.41, 5.74) is 2.72. The van der Waals surface area contributed by atoms with Gasteiger partial charge in [-0.25, -0.2) is 0 Å². The van der Waals surface area contributed by atoms with Gasteiger partial charge in [-0.15, -0.1) is 0 Å². The van der Waals surface area contributed by atoms with Crippen molar-refractivity contribution in [1.82, 2.24) is 0 Å². The zero-order valence-corrected chi connectivity index (χ0v) is 20.6. The van der Waals surface area contributed by atoms with Crippen molar-refractivity contribution in [1.29, 1.82) is 0 Å². The second kappa shape index (κ2) is 10.1. The van der Waals surface area contributed by atoms with Gasteiger partial charge in [0.2, 0.25) is 5.75 Å². The Balaban J connectivity index is 1.63. The van der Waals surface area contributed by atoms with E-state index in [0.717, 1.165) is 47.9 Å². The summed E-state index contributed by atoms with van der Waals surface area (Å²) in [4.78, 5) is 25.1. The first-order chi connectivity index (χ1) is 16.3. The van der Waals surface area contributed by atoms with Crippen LogP contribution < -0.4 is 14.2 Å². The summed E-state index contributed by atoms with van der Waals surface area (Å²) in [5.74, 6) is 1.51. The highest BCUT2D eigenvalue weighted by molar-refractivity contribution is 6.02. The summed E-state index contributed by atoms with van der Waals surface area (Å²) < 4.78 is 23.4. The molecule has 0 N–H and O–H groups in total. The van der Waals surface area contributed by atoms with Crippen molar-refractivity contribution in [2.45, 2.75) is 64.4 Å². The number of esters is 1. The fourth-order valence-electron chi connectivity index (χ4n) is 4.97. The second-order valence-electron chi connectivity index (χ2n) is 9.74. The van der Waals surface area contributed by atoms with Crippen LogP contribution in [-0.2, 0) is 16.0 Å². The molecule has 0 saturated heterocycles. The monoisotopic (exact) mass is 466 g/mol. The molecule has 0 radical (unpaired) electrons. The number of benzene rings is 2. The van der Waals surface area contributed by atoms with Crippen LogP contribution in [0.2, 0.25) is 0 Å². The number of hydrogen-bond donors (Lipinski definition) is 0. The van der Waals surface area contributed by atoms with Crippen LogP contribution in [0.15, 0.2) is 30.3 Å². The van der Waals surface area contributed by atoms with Gasteiger partial charge in [-0.3, -0.25) is 9.59 Å². The van der Waals surface area contributed by atoms with Crippen LogP contribution in [0.3, 0.4) is 0 Å². The highest BCUT2D eigenvalue weighted by Gasteiger charge is 2.32. The Kier molecular flexibility index (Phi) is 7.15. The second-order valence-corrected chi connectivity index (χ2v) is 9.74. The summed E-state index contributed by atoms with van der Waals surface area (Å²) in [7, 11) is 3.15. The Hall–Kier alpha value is -3.02. The van der Waals surface area contributed by atoms with Crippen molar-refractivity contribution in [2.24, 2.45) is 5.92 Å². The topological polar surface area (TPSA) is 71.1 Å². The number of methoxy groups -OCH3 is 2. The van der Waals surface area contributed by atoms with E-state index in [1.165, 1.54) is 6.42 Å². The van der Waals surface area contributed by atoms with Crippen molar-refractivity contribution < 1.29 is 28.5 Å². The maximum Gasteiger partial charge on any atom is 0.309 e. The molecular weight excluding hydrogens is 432 g/mol. The van der Waals surface area contributed by atoms with Gasteiger partial charge in [0.05, 0.1) is 20.1 Å². The summed E-state index contributed by atoms with van der Waals surface area (Å²) in [6.45, 7) is 3.87. The molecule has 6 heteroatoms. The molecule has 0 heterocycles. The van der Waals surface area contributed by atoms with E-state index in [9.17, 15) is 9.59 Å². The van der Waals surface area contributed by atoms with Gasteiger partial charge in [-0.2, -0.15) is 0 Å². The molecule has 1 saturated carbocycles. The van der Waals surface area contributed by atoms with Crippen LogP contribution in [0.4, 0.5) is 0 Å². The van der Waals surface area contributed by atoms with E-state index >= 15 is 0 Å². The van der Waals surface area contributed by atoms with Gasteiger partial charge in [-0.1, -0.05) is 37.5 Å². The van der Waals surface area contributed by atoms with Crippen LogP contribution >= 0.6 is 0 Å². The van der Waals surface area contributed by atoms with Gasteiger partial charge < -0.3 is 18.9 Å². The number of rotatable bonds is 8. The lowest BCUT2D eigenvalue weighted by Gasteiger charge is -2.29. The standard InChI is InChI=1S/C28H34O6/c1-28(2,34-27(30)18-9-6-5-7-10-18)17-33-25-22(14-16-24(31-3)26(25)32-4)19-11-8-12-21-20(19)13-15-23(21)29/h8,11-12,14,16,18H,5-7,9-10,13,15,17H2,1-4H3. The lowest BCUT2D eigenvalue weighted by molar-refractivity contribution is -0.165. The minimum atomic E-state index is -0.825. The quantitative estimate of drug-likeness (QED) is 0.459. The van der Waals surface area contributed by atoms with Crippen molar-refractivity contribution in [3.8, 4) is 28.4 Å². The molecule has 0 amide bonds. The molecule has 0 atom stereocenters. The van der Waals surface area contributed by atoms with Gasteiger partial charge in [0.1, 0.15) is 12.2 Å². The molecule has 2 aliphatic carbocycles. The third kappa shape index (κ3) is 4.91. The molecule has 4 rings (SSSR count). The zero-order valence-electron chi connectivity index (χ0n) is 20.6. The molecule has 1 fully saturated rings. The number of ketones is 1. The Labute approximate surface area is 201 Å². The molecule has 2 aliphatic rings. The van der Waals surface area contributed by atoms with Crippen LogP contribution in [-0.4, -0.2) is 38.2 Å². The predicted molar refractivity (Wildman–Crippen MR) is 130 cm³/mol. The van der Waals surface area contributed by atoms with Crippen molar-refractivity contribution >= 4 is 11.8 Å². The predicted octanol–water partition coefficient (Wildman–Crippen LogP) is 5.78. The van der Waals surface area contributed by atoms with E-state index in [-0.39, 0.29) is 24.3 Å². The van der Waals surface area contributed by atoms with Gasteiger partial charge in [0.25, 0.3) is 0 Å². The van der Waals surface area contributed by atoms with E-state index in [4.69, 9.17) is 18.9 Å². The minimum absolute atomic E-state index is 0.0283. The summed E-state index contributed by atoms with van der Waals surface area (Å²) in [6.07, 6.45) is 6.32. The van der Waals surface area contributed by atoms with E-state index in [2.05, 4.69) is 0 Å². The molecule has 0 aliphatic heterocycles. The number of hydrogen-bond acceptors (Lipinski definition) is 6. The minimum Gasteiger partial charge on any atom is -0.493 e. The molecule has 6 nitrogen and oxygen atoms in total. The number of Topliss-reactive ketones (excluding diaryl/α,β-unsaturated/α-hetero) is 1. The van der Waals surface area contributed by atoms with Gasteiger partial charge in [-0.05, 0) is 56.4 Å². The number of fused-ring (bicyclic) bond motifs is 1. The largest absolute Gasteiger partial charge is 0.493 e. The third-order valence-electron chi connectivity index (χ3n) is 6.75. The molecule has 0 spiro atoms. The maximum atomic E-state index is 12.7. The van der Waals surface area contributed by atoms with Crippen LogP contribution in [0.1, 0.15) is 68.3 Å². The average molecular weight is 467 g/mol. The van der Waals surface area contributed by atoms with Crippen LogP contribution in [0, 0.1) is 5.92 Å². The normalized spacial score (nSPS) is 16.2. The first kappa shape index (κ1) is 24.1. The Morgan fingerprint density at radius 2 is 1.65 bits per heavy atom. The molecule has 2 aromatic rings. The van der Waals surface area contributed by atoms with Crippen molar-refractivity contribution in [3.05, 3.63) is 41.5 Å². The van der Waals surface area contributed by atoms with Gasteiger partial charge >= 0.3 is 5.97 Å². The zero-order chi connectivity index (χ0) is 24.3.